The highest BCUT2D eigenvalue weighted by Crippen LogP contribution is 2.35. The van der Waals surface area contributed by atoms with Crippen molar-refractivity contribution in [2.45, 2.75) is 52.4 Å². The second kappa shape index (κ2) is 7.55. The quantitative estimate of drug-likeness (QED) is 0.212. The zero-order valence-corrected chi connectivity index (χ0v) is 17.4. The van der Waals surface area contributed by atoms with Crippen LogP contribution >= 0.6 is 0 Å². The maximum atomic E-state index is 6.11. The maximum Gasteiger partial charge on any atom is 0.134 e. The Balaban J connectivity index is 1.67. The van der Waals surface area contributed by atoms with Crippen LogP contribution in [0, 0.1) is 0 Å². The molecule has 0 saturated carbocycles. The molecule has 0 amide bonds. The smallest absolute Gasteiger partial charge is 0.134 e. The van der Waals surface area contributed by atoms with Crippen molar-refractivity contribution in [1.82, 2.24) is 0 Å². The number of benzene rings is 4. The first-order chi connectivity index (χ1) is 14.3. The lowest BCUT2D eigenvalue weighted by molar-refractivity contribution is 0.537. The first-order valence-corrected chi connectivity index (χ1v) is 11.1. The van der Waals surface area contributed by atoms with E-state index in [-0.39, 0.29) is 0 Å². The number of rotatable bonds is 6. The van der Waals surface area contributed by atoms with Crippen molar-refractivity contribution >= 4 is 43.3 Å². The van der Waals surface area contributed by atoms with Gasteiger partial charge >= 0.3 is 0 Å². The van der Waals surface area contributed by atoms with E-state index >= 15 is 0 Å². The van der Waals surface area contributed by atoms with Crippen molar-refractivity contribution in [2.24, 2.45) is 0 Å². The molecular formula is C28H28O. The summed E-state index contributed by atoms with van der Waals surface area (Å²) in [6.45, 7) is 4.48. The molecule has 0 fully saturated rings. The Labute approximate surface area is 172 Å². The van der Waals surface area contributed by atoms with Gasteiger partial charge in [-0.1, -0.05) is 63.1 Å². The Hall–Kier alpha value is -2.80. The Bertz CT molecular complexity index is 1320. The van der Waals surface area contributed by atoms with Gasteiger partial charge in [-0.25, -0.2) is 0 Å². The summed E-state index contributed by atoms with van der Waals surface area (Å²) in [5, 5.41) is 9.15. The summed E-state index contributed by atoms with van der Waals surface area (Å²) < 4.78 is 6.11. The van der Waals surface area contributed by atoms with E-state index in [0.717, 1.165) is 17.8 Å². The minimum Gasteiger partial charge on any atom is -0.461 e. The normalized spacial score (nSPS) is 11.9. The van der Waals surface area contributed by atoms with Crippen molar-refractivity contribution in [3.63, 3.8) is 0 Å². The van der Waals surface area contributed by atoms with E-state index in [4.69, 9.17) is 4.42 Å². The fourth-order valence-corrected chi connectivity index (χ4v) is 4.52. The number of unbranched alkanes of at least 4 members (excludes halogenated alkanes) is 2. The molecule has 146 valence electrons. The molecule has 0 radical (unpaired) electrons. The fraction of sp³-hybridized carbons (Fsp3) is 0.286. The maximum absolute atomic E-state index is 6.11. The highest BCUT2D eigenvalue weighted by atomic mass is 16.3. The van der Waals surface area contributed by atoms with Gasteiger partial charge in [-0.05, 0) is 81.4 Å². The van der Waals surface area contributed by atoms with Gasteiger partial charge < -0.3 is 4.42 Å². The standard InChI is InChI=1S/C28H28O/c1-3-5-7-19-9-10-20-17-26-21(16-22(20)15-19)11-12-25-24(26)13-14-28-27(25)18-23(29-28)8-6-4-2/h9-18H,3-8H2,1-2H3. The van der Waals surface area contributed by atoms with E-state index < -0.39 is 0 Å². The zero-order valence-electron chi connectivity index (χ0n) is 17.4. The fourth-order valence-electron chi connectivity index (χ4n) is 4.52. The third-order valence-corrected chi connectivity index (χ3v) is 6.18. The van der Waals surface area contributed by atoms with Gasteiger partial charge in [-0.3, -0.25) is 0 Å². The van der Waals surface area contributed by atoms with E-state index in [9.17, 15) is 0 Å². The van der Waals surface area contributed by atoms with Crippen molar-refractivity contribution in [1.29, 1.82) is 0 Å². The molecule has 0 unspecified atom stereocenters. The van der Waals surface area contributed by atoms with Crippen molar-refractivity contribution < 1.29 is 4.42 Å². The van der Waals surface area contributed by atoms with Crippen molar-refractivity contribution in [3.05, 3.63) is 72.0 Å². The Morgan fingerprint density at radius 2 is 1.34 bits per heavy atom. The zero-order chi connectivity index (χ0) is 19.8. The topological polar surface area (TPSA) is 13.1 Å². The van der Waals surface area contributed by atoms with E-state index in [1.165, 1.54) is 75.4 Å². The number of hydrogen-bond acceptors (Lipinski definition) is 1. The van der Waals surface area contributed by atoms with Gasteiger partial charge in [0.05, 0.1) is 0 Å². The summed E-state index contributed by atoms with van der Waals surface area (Å²) in [4.78, 5) is 0. The highest BCUT2D eigenvalue weighted by Gasteiger charge is 2.10. The molecular weight excluding hydrogens is 352 g/mol. The minimum atomic E-state index is 1.00. The summed E-state index contributed by atoms with van der Waals surface area (Å²) in [7, 11) is 0. The van der Waals surface area contributed by atoms with E-state index in [0.29, 0.717) is 0 Å². The van der Waals surface area contributed by atoms with Gasteiger partial charge in [-0.2, -0.15) is 0 Å². The number of aryl methyl sites for hydroxylation is 2. The van der Waals surface area contributed by atoms with E-state index in [1.54, 1.807) is 0 Å². The molecule has 5 rings (SSSR count). The van der Waals surface area contributed by atoms with Crippen LogP contribution in [0.4, 0.5) is 0 Å². The number of furan rings is 1. The van der Waals surface area contributed by atoms with Crippen LogP contribution in [-0.2, 0) is 12.8 Å². The average molecular weight is 381 g/mol. The summed E-state index contributed by atoms with van der Waals surface area (Å²) in [6, 6.07) is 22.8. The lowest BCUT2D eigenvalue weighted by atomic mass is 9.95. The first kappa shape index (κ1) is 18.2. The van der Waals surface area contributed by atoms with Gasteiger partial charge in [0.2, 0.25) is 0 Å². The van der Waals surface area contributed by atoms with Crippen molar-refractivity contribution in [3.8, 4) is 0 Å². The van der Waals surface area contributed by atoms with Crippen molar-refractivity contribution in [2.75, 3.05) is 0 Å². The van der Waals surface area contributed by atoms with Crippen LogP contribution in [0.1, 0.15) is 50.9 Å². The molecule has 5 aromatic rings. The monoisotopic (exact) mass is 380 g/mol. The number of fused-ring (bicyclic) bond motifs is 6. The van der Waals surface area contributed by atoms with Crippen LogP contribution in [0.25, 0.3) is 43.3 Å². The van der Waals surface area contributed by atoms with E-state index in [1.807, 2.05) is 0 Å². The van der Waals surface area contributed by atoms with Gasteiger partial charge in [0.15, 0.2) is 0 Å². The van der Waals surface area contributed by atoms with Crippen LogP contribution in [0.2, 0.25) is 0 Å². The summed E-state index contributed by atoms with van der Waals surface area (Å²) in [5.41, 5.74) is 2.45. The van der Waals surface area contributed by atoms with Crippen LogP contribution in [0.15, 0.2) is 65.1 Å². The Kier molecular flexibility index (Phi) is 4.75. The van der Waals surface area contributed by atoms with Gasteiger partial charge in [0.1, 0.15) is 11.3 Å². The molecule has 0 aliphatic heterocycles. The van der Waals surface area contributed by atoms with Gasteiger partial charge in [0, 0.05) is 11.8 Å². The van der Waals surface area contributed by atoms with E-state index in [2.05, 4.69) is 74.5 Å². The molecule has 0 bridgehead atoms. The summed E-state index contributed by atoms with van der Waals surface area (Å²) >= 11 is 0. The largest absolute Gasteiger partial charge is 0.461 e. The van der Waals surface area contributed by atoms with Crippen LogP contribution < -0.4 is 0 Å². The third-order valence-electron chi connectivity index (χ3n) is 6.18. The molecule has 0 saturated heterocycles. The third kappa shape index (κ3) is 3.29. The summed E-state index contributed by atoms with van der Waals surface area (Å²) in [6.07, 6.45) is 7.05. The van der Waals surface area contributed by atoms with Crippen LogP contribution in [0.5, 0.6) is 0 Å². The molecule has 0 atom stereocenters. The molecule has 0 N–H and O–H groups in total. The molecule has 1 aromatic heterocycles. The average Bonchev–Trinajstić information content (AvgIpc) is 3.18. The summed E-state index contributed by atoms with van der Waals surface area (Å²) in [5.74, 6) is 1.10. The van der Waals surface area contributed by atoms with Gasteiger partial charge in [-0.15, -0.1) is 0 Å². The molecule has 0 spiro atoms. The predicted octanol–water partition coefficient (Wildman–Crippen LogP) is 8.58. The lowest BCUT2D eigenvalue weighted by Crippen LogP contribution is -1.86. The molecule has 1 heteroatoms. The number of hydrogen-bond donors (Lipinski definition) is 0. The molecule has 29 heavy (non-hydrogen) atoms. The predicted molar refractivity (Wildman–Crippen MR) is 126 cm³/mol. The second-order valence-corrected chi connectivity index (χ2v) is 8.31. The molecule has 1 heterocycles. The first-order valence-electron chi connectivity index (χ1n) is 11.1. The van der Waals surface area contributed by atoms with Crippen LogP contribution in [-0.4, -0.2) is 0 Å². The van der Waals surface area contributed by atoms with Crippen LogP contribution in [0.3, 0.4) is 0 Å². The SMILES string of the molecule is CCCCc1ccc2cc3c(ccc4c5cc(CCCC)oc5ccc34)cc2c1. The van der Waals surface area contributed by atoms with Gasteiger partial charge in [0.25, 0.3) is 0 Å². The molecule has 0 aliphatic rings. The molecule has 0 aliphatic carbocycles. The second-order valence-electron chi connectivity index (χ2n) is 8.31. The minimum absolute atomic E-state index is 1.00. The Morgan fingerprint density at radius 3 is 2.21 bits per heavy atom. The molecule has 1 nitrogen and oxygen atoms in total. The Morgan fingerprint density at radius 1 is 0.586 bits per heavy atom. The highest BCUT2D eigenvalue weighted by molar-refractivity contribution is 6.18. The molecule has 4 aromatic carbocycles. The lowest BCUT2D eigenvalue weighted by Gasteiger charge is -2.09.